The van der Waals surface area contributed by atoms with Crippen molar-refractivity contribution >= 4 is 45.9 Å². The molecule has 0 aliphatic carbocycles. The van der Waals surface area contributed by atoms with Crippen LogP contribution in [0.25, 0.3) is 0 Å². The van der Waals surface area contributed by atoms with Crippen molar-refractivity contribution in [3.63, 3.8) is 0 Å². The first-order valence-corrected chi connectivity index (χ1v) is 5.10. The molecule has 0 saturated carbocycles. The van der Waals surface area contributed by atoms with Gasteiger partial charge in [-0.05, 0) is 35.1 Å². The summed E-state index contributed by atoms with van der Waals surface area (Å²) in [4.78, 5) is 21.4. The molecule has 13 heavy (non-hydrogen) atoms. The average Bonchev–Trinajstić information content (AvgIpc) is 2.26. The molecular weight excluding hydrogens is 307 g/mol. The van der Waals surface area contributed by atoms with Crippen LogP contribution in [0.5, 0.6) is 0 Å². The van der Waals surface area contributed by atoms with E-state index in [4.69, 9.17) is 10.2 Å². The Morgan fingerprint density at radius 2 is 1.85 bits per heavy atom. The molecule has 0 aromatic carbocycles. The predicted octanol–water partition coefficient (Wildman–Crippen LogP) is 2.06. The first-order valence-electron chi connectivity index (χ1n) is 3.20. The smallest absolute Gasteiger partial charge is 0.346 e. The van der Waals surface area contributed by atoms with Gasteiger partial charge in [-0.2, -0.15) is 0 Å². The van der Waals surface area contributed by atoms with Gasteiger partial charge in [-0.1, -0.05) is 0 Å². The van der Waals surface area contributed by atoms with E-state index in [2.05, 4.69) is 0 Å². The molecule has 4 nitrogen and oxygen atoms in total. The van der Waals surface area contributed by atoms with Crippen LogP contribution < -0.4 is 0 Å². The van der Waals surface area contributed by atoms with Gasteiger partial charge in [-0.25, -0.2) is 9.59 Å². The van der Waals surface area contributed by atoms with Crippen molar-refractivity contribution < 1.29 is 19.8 Å². The summed E-state index contributed by atoms with van der Waals surface area (Å²) in [5.41, 5.74) is 0.428. The molecule has 0 bridgehead atoms. The van der Waals surface area contributed by atoms with Crippen LogP contribution in [0.2, 0.25) is 0 Å². The second kappa shape index (κ2) is 3.62. The van der Waals surface area contributed by atoms with Crippen LogP contribution in [0.3, 0.4) is 0 Å². The molecule has 1 aromatic rings. The Labute approximate surface area is 91.3 Å². The molecule has 6 heteroatoms. The number of rotatable bonds is 2. The minimum atomic E-state index is -1.08. The Balaban J connectivity index is 3.39. The molecule has 0 spiro atoms. The lowest BCUT2D eigenvalue weighted by atomic mass is 10.2. The van der Waals surface area contributed by atoms with E-state index < -0.39 is 11.9 Å². The maximum absolute atomic E-state index is 10.7. The molecule has 0 atom stereocenters. The maximum atomic E-state index is 10.7. The Morgan fingerprint density at radius 1 is 1.31 bits per heavy atom. The lowest BCUT2D eigenvalue weighted by molar-refractivity contribution is 0.0694. The monoisotopic (exact) mass is 312 g/mol. The SMILES string of the molecule is Cc1c(C(=O)O)sc(I)c1C(=O)O. The maximum Gasteiger partial charge on any atom is 0.346 e. The molecule has 1 rings (SSSR count). The summed E-state index contributed by atoms with van der Waals surface area (Å²) in [5, 5.41) is 17.4. The molecule has 0 aliphatic heterocycles. The van der Waals surface area contributed by atoms with E-state index in [1.807, 2.05) is 22.6 Å². The third-order valence-electron chi connectivity index (χ3n) is 1.51. The first-order chi connectivity index (χ1) is 5.95. The summed E-state index contributed by atoms with van der Waals surface area (Å²) >= 11 is 2.81. The summed E-state index contributed by atoms with van der Waals surface area (Å²) in [6.45, 7) is 1.51. The first kappa shape index (κ1) is 10.5. The second-order valence-electron chi connectivity index (χ2n) is 2.32. The Hall–Kier alpha value is -0.630. The van der Waals surface area contributed by atoms with Crippen molar-refractivity contribution in [1.82, 2.24) is 0 Å². The number of carboxylic acids is 2. The van der Waals surface area contributed by atoms with Crippen molar-refractivity contribution in [2.45, 2.75) is 6.92 Å². The molecule has 1 aromatic heterocycles. The molecule has 2 N–H and O–H groups in total. The zero-order chi connectivity index (χ0) is 10.2. The largest absolute Gasteiger partial charge is 0.478 e. The van der Waals surface area contributed by atoms with E-state index in [-0.39, 0.29) is 10.4 Å². The Morgan fingerprint density at radius 3 is 2.08 bits per heavy atom. The van der Waals surface area contributed by atoms with E-state index >= 15 is 0 Å². The van der Waals surface area contributed by atoms with Gasteiger partial charge < -0.3 is 10.2 Å². The number of aromatic carboxylic acids is 2. The summed E-state index contributed by atoms with van der Waals surface area (Å²) in [6.07, 6.45) is 0. The van der Waals surface area contributed by atoms with E-state index in [1.165, 1.54) is 6.92 Å². The van der Waals surface area contributed by atoms with Gasteiger partial charge in [-0.3, -0.25) is 0 Å². The van der Waals surface area contributed by atoms with Gasteiger partial charge in [0.25, 0.3) is 0 Å². The van der Waals surface area contributed by atoms with Crippen LogP contribution in [0.4, 0.5) is 0 Å². The van der Waals surface area contributed by atoms with Gasteiger partial charge in [0.1, 0.15) is 4.88 Å². The highest BCUT2D eigenvalue weighted by atomic mass is 127. The third-order valence-corrected chi connectivity index (χ3v) is 3.78. The minimum absolute atomic E-state index is 0.0989. The molecule has 0 amide bonds. The summed E-state index contributed by atoms with van der Waals surface area (Å²) in [7, 11) is 0. The van der Waals surface area contributed by atoms with Crippen molar-refractivity contribution in [3.8, 4) is 0 Å². The van der Waals surface area contributed by atoms with Crippen LogP contribution in [-0.2, 0) is 0 Å². The van der Waals surface area contributed by atoms with E-state index in [0.717, 1.165) is 11.3 Å². The van der Waals surface area contributed by atoms with Crippen LogP contribution in [0.15, 0.2) is 0 Å². The van der Waals surface area contributed by atoms with Crippen LogP contribution in [0, 0.1) is 9.81 Å². The predicted molar refractivity (Wildman–Crippen MR) is 55.7 cm³/mol. The molecule has 0 aliphatic rings. The number of carboxylic acid groups (broad SMARTS) is 2. The molecular formula is C7H5IO4S. The zero-order valence-electron chi connectivity index (χ0n) is 6.50. The van der Waals surface area contributed by atoms with Crippen molar-refractivity contribution in [3.05, 3.63) is 18.9 Å². The van der Waals surface area contributed by atoms with Crippen molar-refractivity contribution in [1.29, 1.82) is 0 Å². The number of carbonyl (C=O) groups is 2. The zero-order valence-corrected chi connectivity index (χ0v) is 9.47. The van der Waals surface area contributed by atoms with Gasteiger partial charge in [0.05, 0.1) is 8.45 Å². The van der Waals surface area contributed by atoms with Gasteiger partial charge in [0.2, 0.25) is 0 Å². The Kier molecular flexibility index (Phi) is 2.91. The fourth-order valence-corrected chi connectivity index (χ4v) is 3.09. The van der Waals surface area contributed by atoms with Crippen LogP contribution in [-0.4, -0.2) is 22.2 Å². The standard InChI is InChI=1S/C7H5IO4S/c1-2-3(6(9)10)5(8)13-4(2)7(11)12/h1H3,(H,9,10)(H,11,12). The summed E-state index contributed by atoms with van der Waals surface area (Å²) in [5.74, 6) is -2.15. The highest BCUT2D eigenvalue weighted by molar-refractivity contribution is 14.1. The average molecular weight is 312 g/mol. The number of thiophene rings is 1. The van der Waals surface area contributed by atoms with E-state index in [0.29, 0.717) is 8.45 Å². The fraction of sp³-hybridized carbons (Fsp3) is 0.143. The van der Waals surface area contributed by atoms with E-state index in [9.17, 15) is 9.59 Å². The van der Waals surface area contributed by atoms with Crippen molar-refractivity contribution in [2.24, 2.45) is 0 Å². The number of halogens is 1. The highest BCUT2D eigenvalue weighted by Crippen LogP contribution is 2.29. The van der Waals surface area contributed by atoms with Gasteiger partial charge in [0.15, 0.2) is 0 Å². The molecule has 0 unspecified atom stereocenters. The van der Waals surface area contributed by atoms with Crippen molar-refractivity contribution in [2.75, 3.05) is 0 Å². The normalized spacial score (nSPS) is 10.0. The molecule has 1 heterocycles. The van der Waals surface area contributed by atoms with E-state index in [1.54, 1.807) is 0 Å². The molecule has 0 fully saturated rings. The summed E-state index contributed by atoms with van der Waals surface area (Å²) < 4.78 is 0.500. The fourth-order valence-electron chi connectivity index (χ4n) is 0.927. The third kappa shape index (κ3) is 1.83. The molecule has 0 saturated heterocycles. The van der Waals surface area contributed by atoms with Crippen LogP contribution >= 0.6 is 33.9 Å². The topological polar surface area (TPSA) is 74.6 Å². The highest BCUT2D eigenvalue weighted by Gasteiger charge is 2.22. The number of hydrogen-bond acceptors (Lipinski definition) is 3. The molecule has 0 radical (unpaired) electrons. The second-order valence-corrected chi connectivity index (χ2v) is 5.15. The quantitative estimate of drug-likeness (QED) is 0.820. The molecule has 70 valence electrons. The van der Waals surface area contributed by atoms with Gasteiger partial charge >= 0.3 is 11.9 Å². The van der Waals surface area contributed by atoms with Crippen LogP contribution in [0.1, 0.15) is 25.6 Å². The Bertz CT molecular complexity index is 382. The lowest BCUT2D eigenvalue weighted by Crippen LogP contribution is -2.01. The number of hydrogen-bond donors (Lipinski definition) is 2. The lowest BCUT2D eigenvalue weighted by Gasteiger charge is -1.93. The summed E-state index contributed by atoms with van der Waals surface area (Å²) in [6, 6.07) is 0. The van der Waals surface area contributed by atoms with Gasteiger partial charge in [-0.15, -0.1) is 11.3 Å². The van der Waals surface area contributed by atoms with Gasteiger partial charge in [0, 0.05) is 0 Å². The minimum Gasteiger partial charge on any atom is -0.478 e.